The van der Waals surface area contributed by atoms with Crippen LogP contribution in [0.4, 0.5) is 4.39 Å². The topological polar surface area (TPSA) is 12.0 Å². The summed E-state index contributed by atoms with van der Waals surface area (Å²) < 4.78 is 13.6. The van der Waals surface area contributed by atoms with Crippen LogP contribution in [-0.2, 0) is 0 Å². The summed E-state index contributed by atoms with van der Waals surface area (Å²) in [5.41, 5.74) is 1.27. The second kappa shape index (κ2) is 7.25. The van der Waals surface area contributed by atoms with Crippen LogP contribution >= 0.6 is 11.6 Å². The van der Waals surface area contributed by atoms with Crippen molar-refractivity contribution in [3.05, 3.63) is 34.6 Å². The van der Waals surface area contributed by atoms with Gasteiger partial charge in [0.15, 0.2) is 0 Å². The minimum atomic E-state index is -0.335. The van der Waals surface area contributed by atoms with Crippen LogP contribution in [0.2, 0.25) is 5.02 Å². The monoisotopic (exact) mass is 285 g/mol. The Balaban J connectivity index is 2.79. The molecule has 0 heterocycles. The molecule has 0 aliphatic carbocycles. The lowest BCUT2D eigenvalue weighted by Crippen LogP contribution is -2.23. The molecule has 0 aliphatic heterocycles. The molecule has 1 aromatic rings. The molecule has 19 heavy (non-hydrogen) atoms. The molecule has 1 aromatic carbocycles. The molecular formula is C16H25ClFN. The predicted octanol–water partition coefficient (Wildman–Crippen LogP) is 5.35. The minimum absolute atomic E-state index is 0.189. The summed E-state index contributed by atoms with van der Waals surface area (Å²) in [6.45, 7) is 9.76. The standard InChI is InChI=1S/C16H25ClFN/c1-5-10-19-15(8-9-16(2,3)4)12-6-7-13(17)14(18)11-12/h6-7,11,15,19H,5,8-10H2,1-4H3. The molecule has 3 heteroatoms. The van der Waals surface area contributed by atoms with Gasteiger partial charge in [0.1, 0.15) is 5.82 Å². The summed E-state index contributed by atoms with van der Waals surface area (Å²) >= 11 is 5.74. The summed E-state index contributed by atoms with van der Waals surface area (Å²) in [6, 6.07) is 5.31. The number of halogens is 2. The van der Waals surface area contributed by atoms with Gasteiger partial charge >= 0.3 is 0 Å². The zero-order valence-electron chi connectivity index (χ0n) is 12.4. The molecule has 1 rings (SSSR count). The highest BCUT2D eigenvalue weighted by Gasteiger charge is 2.17. The first-order chi connectivity index (χ1) is 8.83. The number of rotatable bonds is 6. The fraction of sp³-hybridized carbons (Fsp3) is 0.625. The first-order valence-corrected chi connectivity index (χ1v) is 7.39. The summed E-state index contributed by atoms with van der Waals surface area (Å²) in [7, 11) is 0. The van der Waals surface area contributed by atoms with Crippen molar-refractivity contribution in [3.63, 3.8) is 0 Å². The smallest absolute Gasteiger partial charge is 0.142 e. The molecule has 0 fully saturated rings. The zero-order valence-corrected chi connectivity index (χ0v) is 13.1. The van der Waals surface area contributed by atoms with E-state index < -0.39 is 0 Å². The third kappa shape index (κ3) is 5.92. The van der Waals surface area contributed by atoms with Gasteiger partial charge in [0, 0.05) is 6.04 Å². The van der Waals surface area contributed by atoms with Gasteiger partial charge in [-0.05, 0) is 48.9 Å². The minimum Gasteiger partial charge on any atom is -0.310 e. The summed E-state index contributed by atoms with van der Waals surface area (Å²) in [6.07, 6.45) is 3.17. The Labute approximate surface area is 121 Å². The van der Waals surface area contributed by atoms with Crippen LogP contribution in [-0.4, -0.2) is 6.54 Å². The molecule has 0 bridgehead atoms. The molecule has 0 aromatic heterocycles. The molecule has 108 valence electrons. The average Bonchev–Trinajstić information content (AvgIpc) is 2.32. The average molecular weight is 286 g/mol. The third-order valence-corrected chi connectivity index (χ3v) is 3.48. The van der Waals surface area contributed by atoms with Crippen molar-refractivity contribution in [1.82, 2.24) is 5.32 Å². The van der Waals surface area contributed by atoms with Gasteiger partial charge < -0.3 is 5.32 Å². The van der Waals surface area contributed by atoms with E-state index in [0.29, 0.717) is 0 Å². The van der Waals surface area contributed by atoms with Crippen LogP contribution < -0.4 is 5.32 Å². The van der Waals surface area contributed by atoms with Crippen LogP contribution in [0.5, 0.6) is 0 Å². The highest BCUT2D eigenvalue weighted by molar-refractivity contribution is 6.30. The van der Waals surface area contributed by atoms with Crippen molar-refractivity contribution < 1.29 is 4.39 Å². The fourth-order valence-corrected chi connectivity index (χ4v) is 2.13. The van der Waals surface area contributed by atoms with Crippen molar-refractivity contribution in [2.24, 2.45) is 5.41 Å². The van der Waals surface area contributed by atoms with Gasteiger partial charge in [-0.1, -0.05) is 45.4 Å². The maximum absolute atomic E-state index is 13.6. The molecule has 0 saturated heterocycles. The molecule has 1 atom stereocenters. The molecular weight excluding hydrogens is 261 g/mol. The van der Waals surface area contributed by atoms with Crippen molar-refractivity contribution in [2.75, 3.05) is 6.54 Å². The van der Waals surface area contributed by atoms with Crippen molar-refractivity contribution in [1.29, 1.82) is 0 Å². The molecule has 0 amide bonds. The Bertz CT molecular complexity index is 398. The van der Waals surface area contributed by atoms with E-state index in [9.17, 15) is 4.39 Å². The largest absolute Gasteiger partial charge is 0.310 e. The summed E-state index contributed by atoms with van der Waals surface area (Å²) in [5, 5.41) is 3.68. The Morgan fingerprint density at radius 3 is 2.53 bits per heavy atom. The van der Waals surface area contributed by atoms with E-state index in [1.165, 1.54) is 0 Å². The Hall–Kier alpha value is -0.600. The van der Waals surface area contributed by atoms with E-state index in [2.05, 4.69) is 33.0 Å². The van der Waals surface area contributed by atoms with E-state index in [-0.39, 0.29) is 22.3 Å². The SMILES string of the molecule is CCCNC(CCC(C)(C)C)c1ccc(Cl)c(F)c1. The Morgan fingerprint density at radius 1 is 1.32 bits per heavy atom. The van der Waals surface area contributed by atoms with Gasteiger partial charge in [0.2, 0.25) is 0 Å². The lowest BCUT2D eigenvalue weighted by atomic mass is 9.87. The van der Waals surface area contributed by atoms with E-state index in [4.69, 9.17) is 11.6 Å². The van der Waals surface area contributed by atoms with Gasteiger partial charge in [-0.3, -0.25) is 0 Å². The molecule has 0 saturated carbocycles. The van der Waals surface area contributed by atoms with E-state index in [1.807, 2.05) is 6.07 Å². The van der Waals surface area contributed by atoms with Gasteiger partial charge in [-0.15, -0.1) is 0 Å². The van der Waals surface area contributed by atoms with Crippen molar-refractivity contribution >= 4 is 11.6 Å². The predicted molar refractivity (Wildman–Crippen MR) is 81.1 cm³/mol. The molecule has 0 spiro atoms. The first kappa shape index (κ1) is 16.5. The first-order valence-electron chi connectivity index (χ1n) is 7.02. The van der Waals surface area contributed by atoms with Crippen LogP contribution in [0.1, 0.15) is 58.6 Å². The number of hydrogen-bond donors (Lipinski definition) is 1. The lowest BCUT2D eigenvalue weighted by Gasteiger charge is -2.24. The quantitative estimate of drug-likeness (QED) is 0.743. The molecule has 0 aliphatic rings. The van der Waals surface area contributed by atoms with Crippen LogP contribution in [0.25, 0.3) is 0 Å². The van der Waals surface area contributed by atoms with Crippen LogP contribution in [0, 0.1) is 11.2 Å². The number of nitrogens with one attached hydrogen (secondary N) is 1. The van der Waals surface area contributed by atoms with Crippen LogP contribution in [0.15, 0.2) is 18.2 Å². The molecule has 1 N–H and O–H groups in total. The van der Waals surface area contributed by atoms with Crippen molar-refractivity contribution in [2.45, 2.75) is 53.0 Å². The fourth-order valence-electron chi connectivity index (χ4n) is 2.01. The van der Waals surface area contributed by atoms with Gasteiger partial charge in [0.05, 0.1) is 5.02 Å². The van der Waals surface area contributed by atoms with Gasteiger partial charge in [-0.25, -0.2) is 4.39 Å². The summed E-state index contributed by atoms with van der Waals surface area (Å²) in [5.74, 6) is -0.335. The van der Waals surface area contributed by atoms with Crippen molar-refractivity contribution in [3.8, 4) is 0 Å². The maximum atomic E-state index is 13.6. The Kier molecular flexibility index (Phi) is 6.28. The van der Waals surface area contributed by atoms with E-state index in [1.54, 1.807) is 12.1 Å². The van der Waals surface area contributed by atoms with Gasteiger partial charge in [-0.2, -0.15) is 0 Å². The van der Waals surface area contributed by atoms with Crippen LogP contribution in [0.3, 0.4) is 0 Å². The number of hydrogen-bond acceptors (Lipinski definition) is 1. The lowest BCUT2D eigenvalue weighted by molar-refractivity contribution is 0.332. The van der Waals surface area contributed by atoms with E-state index >= 15 is 0 Å². The highest BCUT2D eigenvalue weighted by Crippen LogP contribution is 2.28. The second-order valence-electron chi connectivity index (χ2n) is 6.28. The molecule has 0 radical (unpaired) electrons. The maximum Gasteiger partial charge on any atom is 0.142 e. The van der Waals surface area contributed by atoms with E-state index in [0.717, 1.165) is 31.4 Å². The Morgan fingerprint density at radius 2 is 2.00 bits per heavy atom. The zero-order chi connectivity index (χ0) is 14.5. The second-order valence-corrected chi connectivity index (χ2v) is 6.69. The third-order valence-electron chi connectivity index (χ3n) is 3.17. The summed E-state index contributed by atoms with van der Waals surface area (Å²) in [4.78, 5) is 0. The molecule has 1 unspecified atom stereocenters. The normalized spacial score (nSPS) is 13.6. The number of benzene rings is 1. The van der Waals surface area contributed by atoms with Gasteiger partial charge in [0.25, 0.3) is 0 Å². The molecule has 1 nitrogen and oxygen atoms in total. The highest BCUT2D eigenvalue weighted by atomic mass is 35.5.